The fraction of sp³-hybridized carbons (Fsp3) is 0.168. The minimum Gasteiger partial charge on any atom is -0.343 e. The number of aromatic nitrogens is 8. The summed E-state index contributed by atoms with van der Waals surface area (Å²) >= 11 is 0. The molecule has 0 aliphatic rings. The van der Waals surface area contributed by atoms with E-state index in [4.69, 9.17) is 8.22 Å². The number of hydrogen-bond donors (Lipinski definition) is 0. The van der Waals surface area contributed by atoms with Gasteiger partial charge in [0.2, 0.25) is 22.8 Å². The van der Waals surface area contributed by atoms with Crippen LogP contribution in [0.2, 0.25) is 0 Å². The maximum absolute atomic E-state index is 8.24. The summed E-state index contributed by atoms with van der Waals surface area (Å²) in [5.74, 6) is 0. The number of pyridine rings is 4. The summed E-state index contributed by atoms with van der Waals surface area (Å²) in [6, 6.07) is 83.6. The van der Waals surface area contributed by atoms with E-state index in [9.17, 15) is 0 Å². The first-order valence-electron chi connectivity index (χ1n) is 40.6. The Hall–Kier alpha value is -12.5. The molecule has 0 aliphatic carbocycles. The predicted molar refractivity (Wildman–Crippen MR) is 461 cm³/mol. The van der Waals surface area contributed by atoms with Crippen LogP contribution in [-0.2, 0) is 56.4 Å². The third-order valence-electron chi connectivity index (χ3n) is 23.2. The monoisotopic (exact) mass is 1420 g/mol. The lowest BCUT2D eigenvalue weighted by molar-refractivity contribution is -0.659. The third kappa shape index (κ3) is 11.5. The summed E-state index contributed by atoms with van der Waals surface area (Å²) in [6.45, 7) is 10.6. The van der Waals surface area contributed by atoms with E-state index in [1.54, 1.807) is 18.3 Å². The number of nitrogens with zero attached hydrogens (tertiary/aromatic N) is 8. The molecule has 8 heterocycles. The third-order valence-corrected chi connectivity index (χ3v) is 23.2. The molecule has 12 aromatic carbocycles. The second-order valence-corrected chi connectivity index (χ2v) is 30.3. The largest absolute Gasteiger partial charge is 0.343 e. The highest BCUT2D eigenvalue weighted by atomic mass is 15.0. The van der Waals surface area contributed by atoms with Crippen LogP contribution in [0.4, 0.5) is 0 Å². The highest BCUT2D eigenvalue weighted by molar-refractivity contribution is 6.25. The van der Waals surface area contributed by atoms with Crippen molar-refractivity contribution >= 4 is 130 Å². The summed E-state index contributed by atoms with van der Waals surface area (Å²) in [7, 11) is 16.8. The molecule has 0 fully saturated rings. The molecule has 0 radical (unpaired) electrons. The standard InChI is InChI=1S/2C26H25N2.C25H23N2.C24H21N2/c1-16-10-12-20(17(2)14-16)26-24-23-21-9-7-6-8-19(21)11-13-22(23)28(5)25(24)18(3)15-27(26)4;1-16-10-11-21(17(2)12-16)26-24-22-13-19-8-6-7-9-20(19)14-23(22)28(5)25(24)18(3)15-27(26)4;1-16-9-5-8-12-20(16)25-23-21-13-18-10-6-7-11-19(18)14-22(21)27(4)24(23)17(2)15-26(25)3;1-16-8-4-7-11-19(16)24-23-20-14-17-9-5-6-10-18(17)15-22(20)26(3)21(23)12-13-25(24)2/h2*6-15H,1-5H3;5-15H,1-4H3;4-15H,1-3H3/q4*+1/i1D3,3D3;;;. The fourth-order valence-electron chi connectivity index (χ4n) is 18.1. The molecule has 534 valence electrons. The highest BCUT2D eigenvalue weighted by Gasteiger charge is 2.30. The van der Waals surface area contributed by atoms with Gasteiger partial charge in [0, 0.05) is 125 Å². The molecule has 0 bridgehead atoms. The highest BCUT2D eigenvalue weighted by Crippen LogP contribution is 2.44. The van der Waals surface area contributed by atoms with Gasteiger partial charge >= 0.3 is 0 Å². The summed E-state index contributed by atoms with van der Waals surface area (Å²) in [4.78, 5) is 0. The first-order chi connectivity index (χ1) is 55.1. The molecule has 0 saturated carbocycles. The van der Waals surface area contributed by atoms with Crippen molar-refractivity contribution in [2.24, 2.45) is 56.4 Å². The molecule has 0 atom stereocenters. The smallest absolute Gasteiger partial charge is 0.222 e. The molecule has 0 aliphatic heterocycles. The fourth-order valence-corrected chi connectivity index (χ4v) is 18.1. The molecule has 8 heteroatoms. The molecule has 0 spiro atoms. The van der Waals surface area contributed by atoms with Gasteiger partial charge in [0.25, 0.3) is 0 Å². The normalized spacial score (nSPS) is 12.8. The Morgan fingerprint density at radius 3 is 1.09 bits per heavy atom. The summed E-state index contributed by atoms with van der Waals surface area (Å²) in [5, 5.41) is 19.7. The molecule has 8 aromatic heterocycles. The Morgan fingerprint density at radius 2 is 0.615 bits per heavy atom. The topological polar surface area (TPSA) is 35.2 Å². The van der Waals surface area contributed by atoms with Gasteiger partial charge in [0.15, 0.2) is 24.8 Å². The molecule has 0 unspecified atom stereocenters. The minimum atomic E-state index is -2.30. The zero-order valence-electron chi connectivity index (χ0n) is 70.9. The lowest BCUT2D eigenvalue weighted by Crippen LogP contribution is -2.31. The second kappa shape index (κ2) is 27.1. The zero-order valence-corrected chi connectivity index (χ0v) is 64.9. The number of hydrogen-bond acceptors (Lipinski definition) is 0. The molecular weight excluding hydrogens is 1330 g/mol. The molecular formula is C101H94N8+4. The molecule has 0 amide bonds. The summed E-state index contributed by atoms with van der Waals surface area (Å²) in [6.07, 6.45) is 8.36. The predicted octanol–water partition coefficient (Wildman–Crippen LogP) is 22.7. The van der Waals surface area contributed by atoms with Gasteiger partial charge in [0.05, 0.1) is 43.6 Å². The zero-order chi connectivity index (χ0) is 80.7. The SMILES string of the molecule is Cc1ccc(-c2c3c4cc5ccccc5cc4n(C)c3c(C)c[n+]2C)c(C)c1.Cc1ccccc1-c1c2c3cc4ccccc4cc3n(C)c2c(C)c[n+]1C.Cc1ccccc1-c1c2c3cc4ccccc4cc3n(C)c2cc[n+]1C.[2H]C([2H])([2H])c1ccc(-c2c3c4c5ccccc5ccc4n(C)c3c(C([2H])([2H])[2H])c[n+]2C)c(C)c1. The van der Waals surface area contributed by atoms with Gasteiger partial charge in [-0.15, -0.1) is 0 Å². The second-order valence-electron chi connectivity index (χ2n) is 30.3. The average Bonchev–Trinajstić information content (AvgIpc) is 1.59. The first kappa shape index (κ1) is 62.7. The lowest BCUT2D eigenvalue weighted by atomic mass is 9.96. The molecule has 8 nitrogen and oxygen atoms in total. The average molecular weight is 1430 g/mol. The number of rotatable bonds is 4. The minimum absolute atomic E-state index is 0.285. The van der Waals surface area contributed by atoms with Gasteiger partial charge in [0.1, 0.15) is 28.2 Å². The van der Waals surface area contributed by atoms with E-state index in [2.05, 4.69) is 330 Å². The van der Waals surface area contributed by atoms with Gasteiger partial charge in [-0.25, -0.2) is 18.3 Å². The van der Waals surface area contributed by atoms with Crippen molar-refractivity contribution in [3.05, 3.63) is 311 Å². The van der Waals surface area contributed by atoms with Crippen LogP contribution >= 0.6 is 0 Å². The van der Waals surface area contributed by atoms with Gasteiger partial charge in [-0.05, 0) is 194 Å². The Kier molecular flexibility index (Phi) is 15.6. The van der Waals surface area contributed by atoms with Gasteiger partial charge in [-0.2, -0.15) is 0 Å². The van der Waals surface area contributed by atoms with Crippen LogP contribution in [-0.4, -0.2) is 18.3 Å². The Bertz CT molecular complexity index is 7450. The van der Waals surface area contributed by atoms with Crippen LogP contribution in [0.3, 0.4) is 0 Å². The van der Waals surface area contributed by atoms with Crippen LogP contribution < -0.4 is 18.3 Å². The quantitative estimate of drug-likeness (QED) is 0.157. The van der Waals surface area contributed by atoms with Crippen molar-refractivity contribution in [2.45, 2.75) is 62.2 Å². The Labute approximate surface area is 646 Å². The van der Waals surface area contributed by atoms with Crippen molar-refractivity contribution in [3.63, 3.8) is 0 Å². The van der Waals surface area contributed by atoms with E-state index in [1.165, 1.54) is 165 Å². The molecule has 0 saturated heterocycles. The summed E-state index contributed by atoms with van der Waals surface area (Å²) < 4.78 is 65.8. The van der Waals surface area contributed by atoms with E-state index in [1.807, 2.05) is 54.4 Å². The molecule has 20 aromatic rings. The van der Waals surface area contributed by atoms with Crippen LogP contribution in [0.1, 0.15) is 58.3 Å². The van der Waals surface area contributed by atoms with Crippen molar-refractivity contribution in [3.8, 4) is 45.0 Å². The van der Waals surface area contributed by atoms with Crippen molar-refractivity contribution in [2.75, 3.05) is 0 Å². The van der Waals surface area contributed by atoms with Crippen molar-refractivity contribution in [1.82, 2.24) is 18.3 Å². The lowest BCUT2D eigenvalue weighted by Gasteiger charge is -2.09. The van der Waals surface area contributed by atoms with Crippen LogP contribution in [0.5, 0.6) is 0 Å². The van der Waals surface area contributed by atoms with Crippen molar-refractivity contribution in [1.29, 1.82) is 0 Å². The molecule has 109 heavy (non-hydrogen) atoms. The van der Waals surface area contributed by atoms with Crippen LogP contribution in [0, 0.1) is 62.2 Å². The van der Waals surface area contributed by atoms with Crippen molar-refractivity contribution < 1.29 is 26.5 Å². The number of benzene rings is 12. The Balaban J connectivity index is 0.000000111. The van der Waals surface area contributed by atoms with Gasteiger partial charge < -0.3 is 18.3 Å². The maximum atomic E-state index is 8.24. The molecule has 0 N–H and O–H groups in total. The van der Waals surface area contributed by atoms with E-state index >= 15 is 0 Å². The van der Waals surface area contributed by atoms with Gasteiger partial charge in [-0.3, -0.25) is 0 Å². The molecule has 20 rings (SSSR count). The number of fused-ring (bicyclic) bond motifs is 17. The van der Waals surface area contributed by atoms with Gasteiger partial charge in [-0.1, -0.05) is 175 Å². The van der Waals surface area contributed by atoms with Crippen LogP contribution in [0.15, 0.2) is 261 Å². The maximum Gasteiger partial charge on any atom is 0.222 e. The number of aryl methyl sites for hydroxylation is 17. The Morgan fingerprint density at radius 1 is 0.248 bits per heavy atom. The van der Waals surface area contributed by atoms with Crippen LogP contribution in [0.25, 0.3) is 175 Å². The van der Waals surface area contributed by atoms with E-state index in [0.717, 1.165) is 43.9 Å². The summed E-state index contributed by atoms with van der Waals surface area (Å²) in [5.41, 5.74) is 28.1. The first-order valence-corrected chi connectivity index (χ1v) is 37.6. The van der Waals surface area contributed by atoms with E-state index in [-0.39, 0.29) is 11.1 Å². The van der Waals surface area contributed by atoms with E-state index < -0.39 is 13.7 Å². The van der Waals surface area contributed by atoms with E-state index in [0.29, 0.717) is 5.52 Å².